The van der Waals surface area contributed by atoms with Crippen molar-refractivity contribution in [2.45, 2.75) is 25.5 Å². The minimum atomic E-state index is -0.973. The average molecular weight is 303 g/mol. The molecule has 0 aliphatic heterocycles. The summed E-state index contributed by atoms with van der Waals surface area (Å²) in [6, 6.07) is 14.3. The molecule has 4 heteroatoms. The van der Waals surface area contributed by atoms with Crippen molar-refractivity contribution in [2.75, 3.05) is 13.7 Å². The predicted molar refractivity (Wildman–Crippen MR) is 85.4 cm³/mol. The molecular formula is C18H22FNO2. The molecular weight excluding hydrogens is 281 g/mol. The summed E-state index contributed by atoms with van der Waals surface area (Å²) in [6.07, 6.45) is 0. The van der Waals surface area contributed by atoms with E-state index < -0.39 is 5.60 Å². The van der Waals surface area contributed by atoms with E-state index in [1.165, 1.54) is 13.2 Å². The van der Waals surface area contributed by atoms with Crippen molar-refractivity contribution >= 4 is 0 Å². The molecule has 0 spiro atoms. The highest BCUT2D eigenvalue weighted by Crippen LogP contribution is 2.24. The highest BCUT2D eigenvalue weighted by Gasteiger charge is 2.23. The Morgan fingerprint density at radius 2 is 1.91 bits per heavy atom. The molecule has 0 aliphatic carbocycles. The maximum Gasteiger partial charge on any atom is 0.165 e. The lowest BCUT2D eigenvalue weighted by atomic mass is 9.95. The number of methoxy groups -OCH3 is 1. The first-order chi connectivity index (χ1) is 10.4. The maximum absolute atomic E-state index is 13.4. The van der Waals surface area contributed by atoms with Crippen LogP contribution in [0.25, 0.3) is 0 Å². The fourth-order valence-electron chi connectivity index (χ4n) is 2.31. The van der Waals surface area contributed by atoms with Gasteiger partial charge in [-0.05, 0) is 37.1 Å². The molecule has 0 bridgehead atoms. The van der Waals surface area contributed by atoms with Crippen molar-refractivity contribution < 1.29 is 14.2 Å². The average Bonchev–Trinajstić information content (AvgIpc) is 2.54. The van der Waals surface area contributed by atoms with Crippen molar-refractivity contribution in [3.05, 3.63) is 65.5 Å². The molecule has 0 radical (unpaired) electrons. The number of benzene rings is 2. The summed E-state index contributed by atoms with van der Waals surface area (Å²) in [4.78, 5) is 0. The van der Waals surface area contributed by atoms with E-state index in [1.54, 1.807) is 19.1 Å². The lowest BCUT2D eigenvalue weighted by Gasteiger charge is -2.27. The van der Waals surface area contributed by atoms with Gasteiger partial charge in [0.15, 0.2) is 11.6 Å². The van der Waals surface area contributed by atoms with Crippen molar-refractivity contribution in [2.24, 2.45) is 0 Å². The number of nitrogens with one attached hydrogen (secondary N) is 1. The van der Waals surface area contributed by atoms with Crippen LogP contribution in [0.2, 0.25) is 0 Å². The van der Waals surface area contributed by atoms with Gasteiger partial charge in [0, 0.05) is 12.6 Å². The first kappa shape index (κ1) is 16.5. The van der Waals surface area contributed by atoms with E-state index in [-0.39, 0.29) is 17.6 Å². The third-order valence-electron chi connectivity index (χ3n) is 3.82. The molecule has 2 N–H and O–H groups in total. The van der Waals surface area contributed by atoms with E-state index in [4.69, 9.17) is 4.74 Å². The van der Waals surface area contributed by atoms with Crippen LogP contribution in [0.4, 0.5) is 4.39 Å². The Balaban J connectivity index is 2.05. The standard InChI is InChI=1S/C18H22FNO2/c1-13(14-9-10-16(19)17(11-14)22-3)20-12-18(2,21)15-7-5-4-6-8-15/h4-11,13,20-21H,12H2,1-3H3. The highest BCUT2D eigenvalue weighted by atomic mass is 19.1. The summed E-state index contributed by atoms with van der Waals surface area (Å²) < 4.78 is 18.4. The Hall–Kier alpha value is -1.91. The number of ether oxygens (including phenoxy) is 1. The molecule has 0 aliphatic rings. The summed E-state index contributed by atoms with van der Waals surface area (Å²) in [6.45, 7) is 4.12. The fraction of sp³-hybridized carbons (Fsp3) is 0.333. The monoisotopic (exact) mass is 303 g/mol. The van der Waals surface area contributed by atoms with Crippen LogP contribution in [-0.4, -0.2) is 18.8 Å². The van der Waals surface area contributed by atoms with Gasteiger partial charge in [0.1, 0.15) is 0 Å². The summed E-state index contributed by atoms with van der Waals surface area (Å²) in [5.41, 5.74) is 0.785. The molecule has 0 aromatic heterocycles. The minimum absolute atomic E-state index is 0.0373. The van der Waals surface area contributed by atoms with Gasteiger partial charge in [-0.15, -0.1) is 0 Å². The lowest BCUT2D eigenvalue weighted by molar-refractivity contribution is 0.0543. The lowest BCUT2D eigenvalue weighted by Crippen LogP contribution is -2.36. The molecule has 118 valence electrons. The van der Waals surface area contributed by atoms with Crippen LogP contribution in [0.15, 0.2) is 48.5 Å². The van der Waals surface area contributed by atoms with Crippen molar-refractivity contribution in [1.82, 2.24) is 5.32 Å². The SMILES string of the molecule is COc1cc(C(C)NCC(C)(O)c2ccccc2)ccc1F. The van der Waals surface area contributed by atoms with Crippen LogP contribution in [0.1, 0.15) is 31.0 Å². The van der Waals surface area contributed by atoms with Crippen molar-refractivity contribution in [3.63, 3.8) is 0 Å². The second-order valence-corrected chi connectivity index (χ2v) is 5.64. The molecule has 3 nitrogen and oxygen atoms in total. The van der Waals surface area contributed by atoms with Gasteiger partial charge in [0.05, 0.1) is 12.7 Å². The first-order valence-corrected chi connectivity index (χ1v) is 7.29. The van der Waals surface area contributed by atoms with Gasteiger partial charge < -0.3 is 15.2 Å². The van der Waals surface area contributed by atoms with Crippen LogP contribution in [0, 0.1) is 5.82 Å². The van der Waals surface area contributed by atoms with Crippen LogP contribution >= 0.6 is 0 Å². The fourth-order valence-corrected chi connectivity index (χ4v) is 2.31. The third kappa shape index (κ3) is 3.84. The second-order valence-electron chi connectivity index (χ2n) is 5.64. The van der Waals surface area contributed by atoms with Crippen LogP contribution in [0.5, 0.6) is 5.75 Å². The second kappa shape index (κ2) is 6.90. The van der Waals surface area contributed by atoms with Gasteiger partial charge in [0.25, 0.3) is 0 Å². The first-order valence-electron chi connectivity index (χ1n) is 7.29. The van der Waals surface area contributed by atoms with Crippen LogP contribution < -0.4 is 10.1 Å². The van der Waals surface area contributed by atoms with Gasteiger partial charge in [0.2, 0.25) is 0 Å². The molecule has 2 aromatic carbocycles. The Labute approximate surface area is 130 Å². The molecule has 2 atom stereocenters. The number of hydrogen-bond acceptors (Lipinski definition) is 3. The van der Waals surface area contributed by atoms with Crippen molar-refractivity contribution in [1.29, 1.82) is 0 Å². The zero-order valence-corrected chi connectivity index (χ0v) is 13.1. The van der Waals surface area contributed by atoms with E-state index in [0.29, 0.717) is 6.54 Å². The van der Waals surface area contributed by atoms with E-state index in [0.717, 1.165) is 11.1 Å². The van der Waals surface area contributed by atoms with Gasteiger partial charge in [-0.3, -0.25) is 0 Å². The van der Waals surface area contributed by atoms with Gasteiger partial charge >= 0.3 is 0 Å². The quantitative estimate of drug-likeness (QED) is 0.859. The Kier molecular flexibility index (Phi) is 5.16. The van der Waals surface area contributed by atoms with Crippen LogP contribution in [0.3, 0.4) is 0 Å². The topological polar surface area (TPSA) is 41.5 Å². The Morgan fingerprint density at radius 3 is 2.55 bits per heavy atom. The third-order valence-corrected chi connectivity index (χ3v) is 3.82. The Bertz CT molecular complexity index is 614. The van der Waals surface area contributed by atoms with Crippen molar-refractivity contribution in [3.8, 4) is 5.75 Å². The largest absolute Gasteiger partial charge is 0.494 e. The molecule has 2 aromatic rings. The molecule has 22 heavy (non-hydrogen) atoms. The Morgan fingerprint density at radius 1 is 1.23 bits per heavy atom. The van der Waals surface area contributed by atoms with Crippen LogP contribution in [-0.2, 0) is 5.60 Å². The molecule has 0 saturated heterocycles. The minimum Gasteiger partial charge on any atom is -0.494 e. The van der Waals surface area contributed by atoms with E-state index in [2.05, 4.69) is 5.32 Å². The summed E-state index contributed by atoms with van der Waals surface area (Å²) >= 11 is 0. The predicted octanol–water partition coefficient (Wildman–Crippen LogP) is 3.39. The van der Waals surface area contributed by atoms with E-state index in [9.17, 15) is 9.50 Å². The number of halogens is 1. The highest BCUT2D eigenvalue weighted by molar-refractivity contribution is 5.32. The van der Waals surface area contributed by atoms with Gasteiger partial charge in [-0.1, -0.05) is 36.4 Å². The number of rotatable bonds is 6. The summed E-state index contributed by atoms with van der Waals surface area (Å²) in [7, 11) is 1.44. The smallest absolute Gasteiger partial charge is 0.165 e. The molecule has 0 amide bonds. The molecule has 0 fully saturated rings. The molecule has 2 unspecified atom stereocenters. The normalized spacial score (nSPS) is 15.1. The summed E-state index contributed by atoms with van der Waals surface area (Å²) in [5, 5.41) is 13.9. The number of hydrogen-bond donors (Lipinski definition) is 2. The maximum atomic E-state index is 13.4. The van der Waals surface area contributed by atoms with Gasteiger partial charge in [-0.2, -0.15) is 0 Å². The summed E-state index contributed by atoms with van der Waals surface area (Å²) in [5.74, 6) is -0.157. The van der Waals surface area contributed by atoms with E-state index >= 15 is 0 Å². The molecule has 2 rings (SSSR count). The van der Waals surface area contributed by atoms with E-state index in [1.807, 2.05) is 37.3 Å². The van der Waals surface area contributed by atoms with Gasteiger partial charge in [-0.25, -0.2) is 4.39 Å². The zero-order chi connectivity index (χ0) is 16.2. The molecule has 0 heterocycles. The molecule has 0 saturated carbocycles. The zero-order valence-electron chi connectivity index (χ0n) is 13.1. The number of aliphatic hydroxyl groups is 1.